The van der Waals surface area contributed by atoms with Gasteiger partial charge in [0.15, 0.2) is 0 Å². The van der Waals surface area contributed by atoms with Crippen molar-refractivity contribution < 1.29 is 4.52 Å². The van der Waals surface area contributed by atoms with Crippen LogP contribution in [0, 0.1) is 0 Å². The molecular formula is C11H14N4O. The largest absolute Gasteiger partial charge is 0.337 e. The van der Waals surface area contributed by atoms with Crippen LogP contribution in [0.2, 0.25) is 0 Å². The number of nitrogens with zero attached hydrogens (tertiary/aromatic N) is 3. The van der Waals surface area contributed by atoms with Crippen molar-refractivity contribution in [1.82, 2.24) is 15.1 Å². The molecule has 1 unspecified atom stereocenters. The van der Waals surface area contributed by atoms with E-state index in [1.54, 1.807) is 6.20 Å². The summed E-state index contributed by atoms with van der Waals surface area (Å²) in [6, 6.07) is 1.64. The van der Waals surface area contributed by atoms with Gasteiger partial charge in [0.1, 0.15) is 0 Å². The predicted molar refractivity (Wildman–Crippen MR) is 59.5 cm³/mol. The average molecular weight is 218 g/mol. The fraction of sp³-hybridized carbons (Fsp3) is 0.364. The third-order valence-electron chi connectivity index (χ3n) is 2.36. The van der Waals surface area contributed by atoms with Gasteiger partial charge in [-0.25, -0.2) is 0 Å². The van der Waals surface area contributed by atoms with Crippen molar-refractivity contribution in [2.75, 3.05) is 0 Å². The molecule has 0 aromatic carbocycles. The average Bonchev–Trinajstić information content (AvgIpc) is 2.78. The summed E-state index contributed by atoms with van der Waals surface area (Å²) in [5, 5.41) is 3.92. The van der Waals surface area contributed by atoms with E-state index in [2.05, 4.69) is 22.0 Å². The molecule has 0 bridgehead atoms. The molecule has 84 valence electrons. The molecule has 0 amide bonds. The van der Waals surface area contributed by atoms with Crippen LogP contribution in [-0.2, 0) is 6.42 Å². The SMILES string of the molecule is CCc1cnccc1-c1noc(C(C)N)n1. The third kappa shape index (κ3) is 1.94. The number of pyridine rings is 1. The molecule has 0 aliphatic heterocycles. The summed E-state index contributed by atoms with van der Waals surface area (Å²) in [6.45, 7) is 3.87. The summed E-state index contributed by atoms with van der Waals surface area (Å²) in [6.07, 6.45) is 4.42. The second kappa shape index (κ2) is 4.40. The maximum absolute atomic E-state index is 5.67. The first-order chi connectivity index (χ1) is 7.72. The van der Waals surface area contributed by atoms with Crippen molar-refractivity contribution in [3.05, 3.63) is 29.9 Å². The molecule has 2 rings (SSSR count). The summed E-state index contributed by atoms with van der Waals surface area (Å²) in [5.41, 5.74) is 7.72. The van der Waals surface area contributed by atoms with Crippen LogP contribution in [0.4, 0.5) is 0 Å². The fourth-order valence-corrected chi connectivity index (χ4v) is 1.46. The second-order valence-electron chi connectivity index (χ2n) is 3.63. The Morgan fingerprint density at radius 3 is 2.94 bits per heavy atom. The zero-order chi connectivity index (χ0) is 11.5. The number of hydrogen-bond donors (Lipinski definition) is 1. The minimum atomic E-state index is -0.242. The van der Waals surface area contributed by atoms with E-state index in [0.717, 1.165) is 17.5 Å². The molecule has 1 atom stereocenters. The Morgan fingerprint density at radius 2 is 2.31 bits per heavy atom. The Morgan fingerprint density at radius 1 is 1.50 bits per heavy atom. The molecule has 0 spiro atoms. The monoisotopic (exact) mass is 218 g/mol. The summed E-state index contributed by atoms with van der Waals surface area (Å²) in [7, 11) is 0. The zero-order valence-electron chi connectivity index (χ0n) is 9.34. The molecule has 0 aliphatic rings. The highest BCUT2D eigenvalue weighted by Gasteiger charge is 2.13. The zero-order valence-corrected chi connectivity index (χ0v) is 9.34. The number of aryl methyl sites for hydroxylation is 1. The van der Waals surface area contributed by atoms with E-state index in [1.165, 1.54) is 0 Å². The molecule has 0 saturated carbocycles. The Labute approximate surface area is 93.7 Å². The van der Waals surface area contributed by atoms with Gasteiger partial charge in [0.25, 0.3) is 0 Å². The van der Waals surface area contributed by atoms with Gasteiger partial charge in [0, 0.05) is 18.0 Å². The van der Waals surface area contributed by atoms with E-state index < -0.39 is 0 Å². The lowest BCUT2D eigenvalue weighted by molar-refractivity contribution is 0.362. The van der Waals surface area contributed by atoms with E-state index in [4.69, 9.17) is 10.3 Å². The molecule has 0 aliphatic carbocycles. The molecule has 16 heavy (non-hydrogen) atoms. The Hall–Kier alpha value is -1.75. The van der Waals surface area contributed by atoms with Gasteiger partial charge >= 0.3 is 0 Å². The molecule has 0 saturated heterocycles. The van der Waals surface area contributed by atoms with Crippen LogP contribution in [-0.4, -0.2) is 15.1 Å². The van der Waals surface area contributed by atoms with Crippen molar-refractivity contribution in [2.24, 2.45) is 5.73 Å². The molecule has 0 fully saturated rings. The summed E-state index contributed by atoms with van der Waals surface area (Å²) in [4.78, 5) is 8.33. The normalized spacial score (nSPS) is 12.7. The maximum atomic E-state index is 5.67. The molecule has 2 heterocycles. The number of aromatic nitrogens is 3. The van der Waals surface area contributed by atoms with Crippen molar-refractivity contribution in [3.8, 4) is 11.4 Å². The second-order valence-corrected chi connectivity index (χ2v) is 3.63. The van der Waals surface area contributed by atoms with E-state index in [1.807, 2.05) is 19.2 Å². The van der Waals surface area contributed by atoms with Crippen LogP contribution in [0.25, 0.3) is 11.4 Å². The van der Waals surface area contributed by atoms with Gasteiger partial charge < -0.3 is 10.3 Å². The first kappa shape index (κ1) is 10.8. The van der Waals surface area contributed by atoms with Gasteiger partial charge in [-0.2, -0.15) is 4.98 Å². The number of nitrogens with two attached hydrogens (primary N) is 1. The van der Waals surface area contributed by atoms with Crippen LogP contribution < -0.4 is 5.73 Å². The third-order valence-corrected chi connectivity index (χ3v) is 2.36. The highest BCUT2D eigenvalue weighted by Crippen LogP contribution is 2.21. The molecule has 2 N–H and O–H groups in total. The highest BCUT2D eigenvalue weighted by molar-refractivity contribution is 5.58. The van der Waals surface area contributed by atoms with Gasteiger partial charge in [-0.05, 0) is 25.0 Å². The van der Waals surface area contributed by atoms with Crippen molar-refractivity contribution in [1.29, 1.82) is 0 Å². The first-order valence-corrected chi connectivity index (χ1v) is 5.24. The molecule has 5 nitrogen and oxygen atoms in total. The molecule has 5 heteroatoms. The van der Waals surface area contributed by atoms with Gasteiger partial charge in [0.05, 0.1) is 6.04 Å². The van der Waals surface area contributed by atoms with Gasteiger partial charge in [-0.15, -0.1) is 0 Å². The molecule has 2 aromatic rings. The van der Waals surface area contributed by atoms with Crippen LogP contribution >= 0.6 is 0 Å². The highest BCUT2D eigenvalue weighted by atomic mass is 16.5. The standard InChI is InChI=1S/C11H14N4O/c1-3-8-6-13-5-4-9(8)10-14-11(7(2)12)16-15-10/h4-7H,3,12H2,1-2H3. The quantitative estimate of drug-likeness (QED) is 0.848. The number of rotatable bonds is 3. The van der Waals surface area contributed by atoms with E-state index in [0.29, 0.717) is 11.7 Å². The van der Waals surface area contributed by atoms with E-state index >= 15 is 0 Å². The summed E-state index contributed by atoms with van der Waals surface area (Å²) >= 11 is 0. The van der Waals surface area contributed by atoms with E-state index in [-0.39, 0.29) is 6.04 Å². The summed E-state index contributed by atoms with van der Waals surface area (Å²) < 4.78 is 5.07. The van der Waals surface area contributed by atoms with Crippen molar-refractivity contribution in [2.45, 2.75) is 26.3 Å². The van der Waals surface area contributed by atoms with Gasteiger partial charge in [0.2, 0.25) is 11.7 Å². The topological polar surface area (TPSA) is 77.8 Å². The Kier molecular flexibility index (Phi) is 2.96. The lowest BCUT2D eigenvalue weighted by Crippen LogP contribution is -2.04. The first-order valence-electron chi connectivity index (χ1n) is 5.24. The van der Waals surface area contributed by atoms with E-state index in [9.17, 15) is 0 Å². The van der Waals surface area contributed by atoms with Crippen LogP contribution in [0.15, 0.2) is 23.0 Å². The van der Waals surface area contributed by atoms with Crippen LogP contribution in [0.3, 0.4) is 0 Å². The van der Waals surface area contributed by atoms with Crippen molar-refractivity contribution >= 4 is 0 Å². The fourth-order valence-electron chi connectivity index (χ4n) is 1.46. The minimum absolute atomic E-state index is 0.242. The summed E-state index contributed by atoms with van der Waals surface area (Å²) in [5.74, 6) is 1.03. The molecule has 0 radical (unpaired) electrons. The lowest BCUT2D eigenvalue weighted by Gasteiger charge is -2.01. The van der Waals surface area contributed by atoms with Crippen LogP contribution in [0.5, 0.6) is 0 Å². The maximum Gasteiger partial charge on any atom is 0.243 e. The predicted octanol–water partition coefficient (Wildman–Crippen LogP) is 1.71. The van der Waals surface area contributed by atoms with Crippen molar-refractivity contribution in [3.63, 3.8) is 0 Å². The lowest BCUT2D eigenvalue weighted by atomic mass is 10.1. The Balaban J connectivity index is 2.42. The van der Waals surface area contributed by atoms with Crippen LogP contribution in [0.1, 0.15) is 31.3 Å². The minimum Gasteiger partial charge on any atom is -0.337 e. The molecule has 2 aromatic heterocycles. The van der Waals surface area contributed by atoms with Gasteiger partial charge in [-0.1, -0.05) is 12.1 Å². The van der Waals surface area contributed by atoms with Gasteiger partial charge in [-0.3, -0.25) is 4.98 Å². The number of hydrogen-bond acceptors (Lipinski definition) is 5. The smallest absolute Gasteiger partial charge is 0.243 e. The Bertz CT molecular complexity index is 478. The molecular weight excluding hydrogens is 204 g/mol.